The summed E-state index contributed by atoms with van der Waals surface area (Å²) < 4.78 is 39.0. The van der Waals surface area contributed by atoms with Crippen molar-refractivity contribution in [3.05, 3.63) is 29.7 Å². The third kappa shape index (κ3) is 1.99. The van der Waals surface area contributed by atoms with Gasteiger partial charge in [0.25, 0.3) is 0 Å². The van der Waals surface area contributed by atoms with Crippen LogP contribution in [0.4, 0.5) is 13.2 Å². The van der Waals surface area contributed by atoms with Crippen LogP contribution in [0.2, 0.25) is 0 Å². The van der Waals surface area contributed by atoms with Crippen LogP contribution in [0.15, 0.2) is 18.2 Å². The van der Waals surface area contributed by atoms with Gasteiger partial charge in [-0.05, 0) is 30.9 Å². The molecule has 0 spiro atoms. The molecule has 0 unspecified atom stereocenters. The molecule has 6 heteroatoms. The third-order valence-electron chi connectivity index (χ3n) is 2.86. The molecule has 1 saturated carbocycles. The van der Waals surface area contributed by atoms with Crippen LogP contribution in [0.25, 0.3) is 5.65 Å². The van der Waals surface area contributed by atoms with Gasteiger partial charge < -0.3 is 0 Å². The fourth-order valence-corrected chi connectivity index (χ4v) is 1.83. The van der Waals surface area contributed by atoms with Crippen molar-refractivity contribution >= 4 is 5.65 Å². The van der Waals surface area contributed by atoms with Crippen LogP contribution in [0.3, 0.4) is 0 Å². The minimum atomic E-state index is -4.40. The van der Waals surface area contributed by atoms with Gasteiger partial charge in [-0.3, -0.25) is 0 Å². The highest BCUT2D eigenvalue weighted by Crippen LogP contribution is 2.32. The van der Waals surface area contributed by atoms with Crippen molar-refractivity contribution in [1.29, 1.82) is 0 Å². The van der Waals surface area contributed by atoms with Crippen LogP contribution in [-0.2, 0) is 12.6 Å². The maximum absolute atomic E-state index is 12.7. The topological polar surface area (TPSA) is 30.2 Å². The van der Waals surface area contributed by atoms with E-state index in [4.69, 9.17) is 0 Å². The second-order valence-corrected chi connectivity index (χ2v) is 4.35. The minimum Gasteiger partial charge on any atom is -0.212 e. The summed E-state index contributed by atoms with van der Waals surface area (Å²) in [6, 6.07) is 3.91. The van der Waals surface area contributed by atoms with Gasteiger partial charge in [0, 0.05) is 6.42 Å². The number of pyridine rings is 1. The number of hydrogen-bond acceptors (Lipinski definition) is 2. The molecule has 2 heterocycles. The Labute approximate surface area is 95.3 Å². The van der Waals surface area contributed by atoms with Crippen molar-refractivity contribution in [1.82, 2.24) is 14.6 Å². The summed E-state index contributed by atoms with van der Waals surface area (Å²) in [4.78, 5) is 4.12. The largest absolute Gasteiger partial charge is 0.433 e. The van der Waals surface area contributed by atoms with Crippen LogP contribution in [0.5, 0.6) is 0 Å². The maximum Gasteiger partial charge on any atom is 0.433 e. The Morgan fingerprint density at radius 3 is 2.71 bits per heavy atom. The molecule has 17 heavy (non-hydrogen) atoms. The van der Waals surface area contributed by atoms with E-state index in [-0.39, 0.29) is 5.65 Å². The van der Waals surface area contributed by atoms with Crippen molar-refractivity contribution in [3.8, 4) is 0 Å². The zero-order chi connectivity index (χ0) is 12.0. The number of alkyl halides is 3. The number of hydrogen-bond donors (Lipinski definition) is 0. The Morgan fingerprint density at radius 2 is 2.06 bits per heavy atom. The molecule has 0 aliphatic heterocycles. The SMILES string of the molecule is FC(F)(F)c1cccc2nc(CC3CC3)nn12. The van der Waals surface area contributed by atoms with E-state index in [9.17, 15) is 13.2 Å². The zero-order valence-electron chi connectivity index (χ0n) is 8.91. The van der Waals surface area contributed by atoms with Gasteiger partial charge >= 0.3 is 6.18 Å². The van der Waals surface area contributed by atoms with Crippen LogP contribution >= 0.6 is 0 Å². The first kappa shape index (κ1) is 10.6. The zero-order valence-corrected chi connectivity index (χ0v) is 8.91. The van der Waals surface area contributed by atoms with E-state index in [1.807, 2.05) is 0 Å². The lowest BCUT2D eigenvalue weighted by molar-refractivity contribution is -0.142. The Balaban J connectivity index is 2.07. The Kier molecular flexibility index (Phi) is 2.14. The van der Waals surface area contributed by atoms with Gasteiger partial charge in [0.15, 0.2) is 11.5 Å². The van der Waals surface area contributed by atoms with Crippen LogP contribution in [0.1, 0.15) is 24.4 Å². The molecule has 1 fully saturated rings. The van der Waals surface area contributed by atoms with Crippen LogP contribution in [0, 0.1) is 5.92 Å². The number of nitrogens with zero attached hydrogens (tertiary/aromatic N) is 3. The summed E-state index contributed by atoms with van der Waals surface area (Å²) >= 11 is 0. The van der Waals surface area contributed by atoms with E-state index in [1.165, 1.54) is 6.07 Å². The van der Waals surface area contributed by atoms with Gasteiger partial charge in [0.1, 0.15) is 5.69 Å². The van der Waals surface area contributed by atoms with Gasteiger partial charge in [0.05, 0.1) is 0 Å². The molecular formula is C11H10F3N3. The van der Waals surface area contributed by atoms with Gasteiger partial charge in [-0.2, -0.15) is 18.3 Å². The Bertz CT molecular complexity index is 555. The highest BCUT2D eigenvalue weighted by Gasteiger charge is 2.34. The molecule has 90 valence electrons. The summed E-state index contributed by atoms with van der Waals surface area (Å²) in [5.41, 5.74) is -0.514. The van der Waals surface area contributed by atoms with Crippen LogP contribution in [-0.4, -0.2) is 14.6 Å². The smallest absolute Gasteiger partial charge is 0.212 e. The molecule has 0 amide bonds. The first-order valence-corrected chi connectivity index (χ1v) is 5.46. The summed E-state index contributed by atoms with van der Waals surface area (Å²) in [7, 11) is 0. The summed E-state index contributed by atoms with van der Waals surface area (Å²) in [5.74, 6) is 1.06. The summed E-state index contributed by atoms with van der Waals surface area (Å²) in [6.07, 6.45) is -1.47. The van der Waals surface area contributed by atoms with Crippen molar-refractivity contribution in [2.45, 2.75) is 25.4 Å². The first-order chi connectivity index (χ1) is 8.04. The van der Waals surface area contributed by atoms with E-state index < -0.39 is 11.9 Å². The molecule has 1 aliphatic carbocycles. The van der Waals surface area contributed by atoms with E-state index in [1.54, 1.807) is 6.07 Å². The molecule has 0 radical (unpaired) electrons. The second-order valence-electron chi connectivity index (χ2n) is 4.35. The van der Waals surface area contributed by atoms with E-state index in [2.05, 4.69) is 10.1 Å². The molecule has 0 N–H and O–H groups in total. The number of aromatic nitrogens is 3. The van der Waals surface area contributed by atoms with Gasteiger partial charge in [-0.1, -0.05) is 6.07 Å². The molecule has 2 aromatic rings. The lowest BCUT2D eigenvalue weighted by atomic mass is 10.3. The number of rotatable bonds is 2. The van der Waals surface area contributed by atoms with E-state index in [0.29, 0.717) is 18.2 Å². The molecule has 0 bridgehead atoms. The molecule has 3 rings (SSSR count). The van der Waals surface area contributed by atoms with E-state index in [0.717, 1.165) is 23.4 Å². The summed E-state index contributed by atoms with van der Waals surface area (Å²) in [5, 5.41) is 3.94. The predicted molar refractivity (Wildman–Crippen MR) is 54.4 cm³/mol. The normalized spacial score (nSPS) is 16.6. The lowest BCUT2D eigenvalue weighted by Crippen LogP contribution is -2.12. The van der Waals surface area contributed by atoms with Crippen molar-refractivity contribution in [2.75, 3.05) is 0 Å². The fraction of sp³-hybridized carbons (Fsp3) is 0.455. The molecule has 0 aromatic carbocycles. The first-order valence-electron chi connectivity index (χ1n) is 5.46. The molecule has 0 saturated heterocycles. The van der Waals surface area contributed by atoms with Gasteiger partial charge in [0.2, 0.25) is 0 Å². The molecular weight excluding hydrogens is 231 g/mol. The summed E-state index contributed by atoms with van der Waals surface area (Å²) in [6.45, 7) is 0. The lowest BCUT2D eigenvalue weighted by Gasteiger charge is -2.06. The quantitative estimate of drug-likeness (QED) is 0.809. The molecule has 0 atom stereocenters. The molecule has 1 aliphatic rings. The second kappa shape index (κ2) is 3.45. The number of halogens is 3. The average Bonchev–Trinajstić information content (AvgIpc) is 2.94. The monoisotopic (exact) mass is 241 g/mol. The standard InChI is InChI=1S/C11H10F3N3/c12-11(13,14)8-2-1-3-10-15-9(16-17(8)10)6-7-4-5-7/h1-3,7H,4-6H2. The number of fused-ring (bicyclic) bond motifs is 1. The van der Waals surface area contributed by atoms with Gasteiger partial charge in [-0.25, -0.2) is 9.50 Å². The van der Waals surface area contributed by atoms with E-state index >= 15 is 0 Å². The minimum absolute atomic E-state index is 0.260. The van der Waals surface area contributed by atoms with Crippen LogP contribution < -0.4 is 0 Å². The van der Waals surface area contributed by atoms with Crippen molar-refractivity contribution in [2.24, 2.45) is 5.92 Å². The van der Waals surface area contributed by atoms with Crippen molar-refractivity contribution < 1.29 is 13.2 Å². The van der Waals surface area contributed by atoms with Gasteiger partial charge in [-0.15, -0.1) is 0 Å². The molecule has 2 aromatic heterocycles. The predicted octanol–water partition coefficient (Wildman–Crippen LogP) is 2.70. The molecule has 3 nitrogen and oxygen atoms in total. The Morgan fingerprint density at radius 1 is 1.29 bits per heavy atom. The highest BCUT2D eigenvalue weighted by molar-refractivity contribution is 5.39. The highest BCUT2D eigenvalue weighted by atomic mass is 19.4. The maximum atomic E-state index is 12.7. The average molecular weight is 241 g/mol. The third-order valence-corrected chi connectivity index (χ3v) is 2.86. The van der Waals surface area contributed by atoms with Crippen molar-refractivity contribution in [3.63, 3.8) is 0 Å². The Hall–Kier alpha value is -1.59. The fourth-order valence-electron chi connectivity index (χ4n) is 1.83.